The zero-order valence-electron chi connectivity index (χ0n) is 8.41. The summed E-state index contributed by atoms with van der Waals surface area (Å²) in [6.07, 6.45) is 2.83. The smallest absolute Gasteiger partial charge is 0.120 e. The number of hydrogen-bond acceptors (Lipinski definition) is 4. The van der Waals surface area contributed by atoms with Gasteiger partial charge in [-0.1, -0.05) is 0 Å². The van der Waals surface area contributed by atoms with E-state index in [4.69, 9.17) is 9.84 Å². The summed E-state index contributed by atoms with van der Waals surface area (Å²) in [4.78, 5) is 5.67. The lowest BCUT2D eigenvalue weighted by Gasteiger charge is -2.19. The quantitative estimate of drug-likeness (QED) is 0.929. The van der Waals surface area contributed by atoms with Crippen LogP contribution in [0.1, 0.15) is 28.6 Å². The van der Waals surface area contributed by atoms with Gasteiger partial charge in [0, 0.05) is 37.0 Å². The number of hydrogen-bond donors (Lipinski definition) is 1. The van der Waals surface area contributed by atoms with Crippen molar-refractivity contribution < 1.29 is 9.84 Å². The summed E-state index contributed by atoms with van der Waals surface area (Å²) in [5.41, 5.74) is 0. The molecule has 0 spiro atoms. The van der Waals surface area contributed by atoms with Crippen LogP contribution < -0.4 is 0 Å². The molecule has 0 unspecified atom stereocenters. The van der Waals surface area contributed by atoms with Crippen LogP contribution in [0.4, 0.5) is 0 Å². The lowest BCUT2D eigenvalue weighted by Crippen LogP contribution is -2.13. The highest BCUT2D eigenvalue weighted by molar-refractivity contribution is 9.10. The third-order valence-corrected chi connectivity index (χ3v) is 4.77. The first kappa shape index (κ1) is 11.5. The first-order valence-electron chi connectivity index (χ1n) is 5.15. The second-order valence-corrected chi connectivity index (χ2v) is 5.49. The van der Waals surface area contributed by atoms with E-state index < -0.39 is 0 Å². The van der Waals surface area contributed by atoms with E-state index in [2.05, 4.69) is 20.9 Å². The van der Waals surface area contributed by atoms with Crippen LogP contribution in [0.2, 0.25) is 0 Å². The van der Waals surface area contributed by atoms with E-state index >= 15 is 0 Å². The fourth-order valence-electron chi connectivity index (χ4n) is 1.73. The molecule has 1 aromatic rings. The second-order valence-electron chi connectivity index (χ2n) is 3.63. The van der Waals surface area contributed by atoms with Gasteiger partial charge < -0.3 is 9.84 Å². The Labute approximate surface area is 102 Å². The Kier molecular flexibility index (Phi) is 4.13. The normalized spacial score (nSPS) is 18.3. The summed E-state index contributed by atoms with van der Waals surface area (Å²) >= 11 is 5.16. The molecule has 84 valence electrons. The Morgan fingerprint density at radius 1 is 1.47 bits per heavy atom. The van der Waals surface area contributed by atoms with Gasteiger partial charge in [0.2, 0.25) is 0 Å². The molecular formula is C10H14BrNO2S. The molecular weight excluding hydrogens is 278 g/mol. The van der Waals surface area contributed by atoms with Gasteiger partial charge in [-0.15, -0.1) is 11.3 Å². The Hall–Kier alpha value is 0.0300. The van der Waals surface area contributed by atoms with Gasteiger partial charge in [0.25, 0.3) is 0 Å². The third kappa shape index (κ3) is 2.78. The minimum atomic E-state index is 0.189. The lowest BCUT2D eigenvalue weighted by atomic mass is 10.0. The number of rotatable bonds is 3. The summed E-state index contributed by atoms with van der Waals surface area (Å²) in [6.45, 7) is 1.88. The molecule has 1 fully saturated rings. The van der Waals surface area contributed by atoms with Gasteiger partial charge in [-0.2, -0.15) is 0 Å². The molecule has 0 radical (unpaired) electrons. The fraction of sp³-hybridized carbons (Fsp3) is 0.700. The van der Waals surface area contributed by atoms with Crippen molar-refractivity contribution >= 4 is 27.3 Å². The third-order valence-electron chi connectivity index (χ3n) is 2.58. The molecule has 1 N–H and O–H groups in total. The molecule has 5 heteroatoms. The van der Waals surface area contributed by atoms with Crippen LogP contribution in [0, 0.1) is 0 Å². The van der Waals surface area contributed by atoms with Crippen LogP contribution in [-0.4, -0.2) is 29.9 Å². The Morgan fingerprint density at radius 3 is 2.87 bits per heavy atom. The highest BCUT2D eigenvalue weighted by Crippen LogP contribution is 2.33. The molecule has 0 atom stereocenters. The molecule has 15 heavy (non-hydrogen) atoms. The predicted molar refractivity (Wildman–Crippen MR) is 63.4 cm³/mol. The predicted octanol–water partition coefficient (Wildman–Crippen LogP) is 2.33. The lowest BCUT2D eigenvalue weighted by molar-refractivity contribution is 0.0852. The fourth-order valence-corrected chi connectivity index (χ4v) is 3.59. The SMILES string of the molecule is OCCc1sc(C2CCOCC2)nc1Br. The molecule has 0 aromatic carbocycles. The maximum Gasteiger partial charge on any atom is 0.120 e. The number of aromatic nitrogens is 1. The van der Waals surface area contributed by atoms with E-state index in [1.165, 1.54) is 5.01 Å². The number of thiazole rings is 1. The number of halogens is 1. The van der Waals surface area contributed by atoms with E-state index in [0.29, 0.717) is 12.3 Å². The molecule has 2 rings (SSSR count). The van der Waals surface area contributed by atoms with Gasteiger partial charge in [0.05, 0.1) is 5.01 Å². The van der Waals surface area contributed by atoms with Crippen LogP contribution in [0.25, 0.3) is 0 Å². The molecule has 1 aromatic heterocycles. The van der Waals surface area contributed by atoms with Gasteiger partial charge in [-0.25, -0.2) is 4.98 Å². The second kappa shape index (κ2) is 5.39. The Balaban J connectivity index is 2.10. The average Bonchev–Trinajstić information content (AvgIpc) is 2.63. The van der Waals surface area contributed by atoms with Gasteiger partial charge in [-0.05, 0) is 28.8 Å². The van der Waals surface area contributed by atoms with Gasteiger partial charge in [-0.3, -0.25) is 0 Å². The monoisotopic (exact) mass is 291 g/mol. The van der Waals surface area contributed by atoms with E-state index in [9.17, 15) is 0 Å². The first-order chi connectivity index (χ1) is 7.31. The van der Waals surface area contributed by atoms with Crippen LogP contribution in [0.5, 0.6) is 0 Å². The summed E-state index contributed by atoms with van der Waals surface area (Å²) in [7, 11) is 0. The number of nitrogens with zero attached hydrogens (tertiary/aromatic N) is 1. The average molecular weight is 292 g/mol. The molecule has 0 aliphatic carbocycles. The molecule has 1 aliphatic rings. The van der Waals surface area contributed by atoms with Crippen molar-refractivity contribution in [2.75, 3.05) is 19.8 Å². The van der Waals surface area contributed by atoms with Crippen molar-refractivity contribution in [2.24, 2.45) is 0 Å². The van der Waals surface area contributed by atoms with Gasteiger partial charge >= 0.3 is 0 Å². The van der Waals surface area contributed by atoms with Gasteiger partial charge in [0.15, 0.2) is 0 Å². The van der Waals surface area contributed by atoms with Crippen LogP contribution >= 0.6 is 27.3 Å². The van der Waals surface area contributed by atoms with E-state index in [0.717, 1.165) is 35.5 Å². The summed E-state index contributed by atoms with van der Waals surface area (Å²) in [5.74, 6) is 0.549. The van der Waals surface area contributed by atoms with E-state index in [-0.39, 0.29) is 6.61 Å². The molecule has 0 amide bonds. The Bertz CT molecular complexity index is 323. The summed E-state index contributed by atoms with van der Waals surface area (Å²) in [5, 5.41) is 10.1. The van der Waals surface area contributed by atoms with Crippen molar-refractivity contribution in [3.05, 3.63) is 14.5 Å². The van der Waals surface area contributed by atoms with Crippen molar-refractivity contribution in [2.45, 2.75) is 25.2 Å². The van der Waals surface area contributed by atoms with Crippen molar-refractivity contribution in [1.82, 2.24) is 4.98 Å². The zero-order valence-corrected chi connectivity index (χ0v) is 10.8. The van der Waals surface area contributed by atoms with Crippen LogP contribution in [-0.2, 0) is 11.2 Å². The van der Waals surface area contributed by atoms with Crippen molar-refractivity contribution in [3.63, 3.8) is 0 Å². The van der Waals surface area contributed by atoms with Gasteiger partial charge in [0.1, 0.15) is 4.60 Å². The summed E-state index contributed by atoms with van der Waals surface area (Å²) < 4.78 is 6.24. The molecule has 0 saturated carbocycles. The highest BCUT2D eigenvalue weighted by Gasteiger charge is 2.20. The van der Waals surface area contributed by atoms with Crippen molar-refractivity contribution in [3.8, 4) is 0 Å². The summed E-state index contributed by atoms with van der Waals surface area (Å²) in [6, 6.07) is 0. The zero-order chi connectivity index (χ0) is 10.7. The minimum absolute atomic E-state index is 0.189. The number of ether oxygens (including phenoxy) is 1. The van der Waals surface area contributed by atoms with Crippen LogP contribution in [0.3, 0.4) is 0 Å². The topological polar surface area (TPSA) is 42.4 Å². The molecule has 3 nitrogen and oxygen atoms in total. The number of aliphatic hydroxyl groups excluding tert-OH is 1. The maximum absolute atomic E-state index is 8.90. The molecule has 0 bridgehead atoms. The molecule has 1 aliphatic heterocycles. The minimum Gasteiger partial charge on any atom is -0.396 e. The molecule has 2 heterocycles. The number of aliphatic hydroxyl groups is 1. The Morgan fingerprint density at radius 2 is 2.20 bits per heavy atom. The maximum atomic E-state index is 8.90. The first-order valence-corrected chi connectivity index (χ1v) is 6.76. The highest BCUT2D eigenvalue weighted by atomic mass is 79.9. The van der Waals surface area contributed by atoms with Crippen LogP contribution in [0.15, 0.2) is 4.60 Å². The van der Waals surface area contributed by atoms with E-state index in [1.807, 2.05) is 0 Å². The largest absolute Gasteiger partial charge is 0.396 e. The van der Waals surface area contributed by atoms with E-state index in [1.54, 1.807) is 11.3 Å². The van der Waals surface area contributed by atoms with Crippen molar-refractivity contribution in [1.29, 1.82) is 0 Å². The molecule has 1 saturated heterocycles. The standard InChI is InChI=1S/C10H14BrNO2S/c11-9-8(1-4-13)15-10(12-9)7-2-5-14-6-3-7/h7,13H,1-6H2.